The molecule has 0 radical (unpaired) electrons. The topological polar surface area (TPSA) is 132 Å². The highest BCUT2D eigenvalue weighted by Crippen LogP contribution is 2.18. The third kappa shape index (κ3) is 13.8. The Kier molecular flexibility index (Phi) is 16.5. The molecule has 2 heterocycles. The molecule has 3 amide bonds. The van der Waals surface area contributed by atoms with Crippen molar-refractivity contribution in [2.45, 2.75) is 39.2 Å². The first-order valence-electron chi connectivity index (χ1n) is 15.3. The Morgan fingerprint density at radius 2 is 1.53 bits per heavy atom. The highest BCUT2D eigenvalue weighted by Gasteiger charge is 2.21. The molecule has 1 aromatic heterocycles. The highest BCUT2D eigenvalue weighted by molar-refractivity contribution is 5.82. The van der Waals surface area contributed by atoms with Gasteiger partial charge in [0.05, 0.1) is 64.8 Å². The molecule has 2 aromatic rings. The molecule has 238 valence electrons. The van der Waals surface area contributed by atoms with Crippen LogP contribution in [0.25, 0.3) is 10.9 Å². The van der Waals surface area contributed by atoms with Crippen LogP contribution in [0.3, 0.4) is 0 Å². The Balaban J connectivity index is 1.13. The van der Waals surface area contributed by atoms with Gasteiger partial charge in [0.2, 0.25) is 18.2 Å². The van der Waals surface area contributed by atoms with Gasteiger partial charge in [-0.05, 0) is 36.2 Å². The molecule has 2 N–H and O–H groups in total. The Bertz CT molecular complexity index is 1110. The number of carbonyl (C=O) groups excluding carboxylic acids is 3. The van der Waals surface area contributed by atoms with Crippen LogP contribution in [0.5, 0.6) is 0 Å². The Labute approximate surface area is 254 Å². The van der Waals surface area contributed by atoms with E-state index in [0.717, 1.165) is 43.4 Å². The summed E-state index contributed by atoms with van der Waals surface area (Å²) < 4.78 is 22.0. The van der Waals surface area contributed by atoms with Gasteiger partial charge in [0.25, 0.3) is 0 Å². The molecule has 0 bridgehead atoms. The largest absolute Gasteiger partial charge is 0.379 e. The van der Waals surface area contributed by atoms with E-state index in [-0.39, 0.29) is 11.8 Å². The third-order valence-electron chi connectivity index (χ3n) is 6.99. The van der Waals surface area contributed by atoms with E-state index in [1.165, 1.54) is 5.56 Å². The first kappa shape index (κ1) is 34.3. The smallest absolute Gasteiger partial charge is 0.224 e. The van der Waals surface area contributed by atoms with Crippen LogP contribution in [-0.4, -0.2) is 119 Å². The van der Waals surface area contributed by atoms with Crippen molar-refractivity contribution >= 4 is 34.9 Å². The van der Waals surface area contributed by atoms with E-state index in [1.807, 2.05) is 17.0 Å². The molecule has 0 unspecified atom stereocenters. The van der Waals surface area contributed by atoms with Crippen molar-refractivity contribution in [3.8, 4) is 0 Å². The first-order chi connectivity index (χ1) is 21.1. The number of amides is 3. The molecule has 12 heteroatoms. The molecule has 1 aromatic carbocycles. The number of piperazine rings is 1. The van der Waals surface area contributed by atoms with E-state index in [9.17, 15) is 14.4 Å². The summed E-state index contributed by atoms with van der Waals surface area (Å²) in [6.07, 6.45) is 3.48. The van der Waals surface area contributed by atoms with E-state index in [0.29, 0.717) is 97.6 Å². The van der Waals surface area contributed by atoms with Crippen LogP contribution < -0.4 is 10.6 Å². The quantitative estimate of drug-likeness (QED) is 0.154. The molecule has 3 rings (SSSR count). The summed E-state index contributed by atoms with van der Waals surface area (Å²) in [6, 6.07) is 9.90. The van der Waals surface area contributed by atoms with Crippen molar-refractivity contribution < 1.29 is 33.3 Å². The number of fused-ring (bicyclic) bond motifs is 1. The Morgan fingerprint density at radius 3 is 2.21 bits per heavy atom. The number of hydrogen-bond donors (Lipinski definition) is 2. The lowest BCUT2D eigenvalue weighted by Gasteiger charge is -2.34. The maximum absolute atomic E-state index is 12.6. The average Bonchev–Trinajstić information content (AvgIpc) is 3.02. The number of nitrogens with zero attached hydrogens (tertiary/aromatic N) is 3. The number of unbranched alkanes of at least 4 members (excludes halogenated alkanes) is 1. The van der Waals surface area contributed by atoms with Crippen LogP contribution in [0.2, 0.25) is 0 Å². The minimum atomic E-state index is 0.0725. The maximum atomic E-state index is 12.6. The number of benzene rings is 1. The molecular formula is C31H47N5O7. The van der Waals surface area contributed by atoms with Crippen LogP contribution in [-0.2, 0) is 39.9 Å². The fourth-order valence-corrected chi connectivity index (χ4v) is 4.60. The van der Waals surface area contributed by atoms with Gasteiger partial charge in [0.1, 0.15) is 5.82 Å². The molecule has 0 saturated carbocycles. The number of ether oxygens (including phenoxy) is 4. The molecule has 43 heavy (non-hydrogen) atoms. The van der Waals surface area contributed by atoms with Crippen molar-refractivity contribution in [3.05, 3.63) is 35.9 Å². The molecule has 1 fully saturated rings. The molecular weight excluding hydrogens is 554 g/mol. The standard InChI is InChI=1S/C31H47N5O7/c1-2-3-4-30(38)32-10-16-41-18-20-43-22-21-42-19-17-40-15-9-31(39)36-13-11-35(12-14-36)24-26-5-7-28-27(23-26)6-8-29(34-28)33-25-37/h5-8,23,25H,2-4,9-22,24H2,1H3,(H,32,38)(H,33,34,37). The molecule has 0 spiro atoms. The Hall–Kier alpha value is -3.16. The van der Waals surface area contributed by atoms with Gasteiger partial charge in [0, 0.05) is 51.1 Å². The lowest BCUT2D eigenvalue weighted by Crippen LogP contribution is -2.48. The lowest BCUT2D eigenvalue weighted by atomic mass is 10.1. The fraction of sp³-hybridized carbons (Fsp3) is 0.613. The molecule has 0 aliphatic carbocycles. The molecule has 1 aliphatic rings. The number of hydrogen-bond acceptors (Lipinski definition) is 9. The Morgan fingerprint density at radius 1 is 0.860 bits per heavy atom. The lowest BCUT2D eigenvalue weighted by molar-refractivity contribution is -0.134. The summed E-state index contributed by atoms with van der Waals surface area (Å²) in [5, 5.41) is 6.43. The number of rotatable bonds is 22. The molecule has 0 atom stereocenters. The van der Waals surface area contributed by atoms with Crippen LogP contribution in [0.4, 0.5) is 5.82 Å². The summed E-state index contributed by atoms with van der Waals surface area (Å²) in [5.74, 6) is 0.724. The number of nitrogens with one attached hydrogen (secondary N) is 2. The van der Waals surface area contributed by atoms with E-state index >= 15 is 0 Å². The van der Waals surface area contributed by atoms with Gasteiger partial charge in [-0.3, -0.25) is 19.3 Å². The third-order valence-corrected chi connectivity index (χ3v) is 6.99. The van der Waals surface area contributed by atoms with Crippen LogP contribution in [0.1, 0.15) is 38.2 Å². The van der Waals surface area contributed by atoms with E-state index in [1.54, 1.807) is 6.07 Å². The average molecular weight is 602 g/mol. The van der Waals surface area contributed by atoms with Crippen LogP contribution >= 0.6 is 0 Å². The predicted molar refractivity (Wildman–Crippen MR) is 164 cm³/mol. The van der Waals surface area contributed by atoms with Crippen LogP contribution in [0.15, 0.2) is 30.3 Å². The van der Waals surface area contributed by atoms with Gasteiger partial charge in [-0.25, -0.2) is 4.98 Å². The van der Waals surface area contributed by atoms with Crippen LogP contribution in [0, 0.1) is 0 Å². The molecule has 1 aliphatic heterocycles. The van der Waals surface area contributed by atoms with E-state index in [2.05, 4.69) is 39.6 Å². The van der Waals surface area contributed by atoms with Crippen molar-refractivity contribution in [1.29, 1.82) is 0 Å². The minimum absolute atomic E-state index is 0.0725. The van der Waals surface area contributed by atoms with Gasteiger partial charge in [-0.2, -0.15) is 0 Å². The summed E-state index contributed by atoms with van der Waals surface area (Å²) in [5.41, 5.74) is 2.03. The summed E-state index contributed by atoms with van der Waals surface area (Å²) in [6.45, 7) is 10.1. The SMILES string of the molecule is CCCCC(=O)NCCOCCOCCOCCOCCC(=O)N1CCN(Cc2ccc3nc(NC=O)ccc3c2)CC1. The highest BCUT2D eigenvalue weighted by atomic mass is 16.6. The summed E-state index contributed by atoms with van der Waals surface area (Å²) >= 11 is 0. The minimum Gasteiger partial charge on any atom is -0.379 e. The monoisotopic (exact) mass is 601 g/mol. The van der Waals surface area contributed by atoms with E-state index in [4.69, 9.17) is 18.9 Å². The number of aromatic nitrogens is 1. The normalized spacial score (nSPS) is 13.7. The number of carbonyl (C=O) groups is 3. The zero-order chi connectivity index (χ0) is 30.5. The van der Waals surface area contributed by atoms with Gasteiger partial charge < -0.3 is 34.5 Å². The second-order valence-electron chi connectivity index (χ2n) is 10.3. The predicted octanol–water partition coefficient (Wildman–Crippen LogP) is 2.21. The van der Waals surface area contributed by atoms with Crippen molar-refractivity contribution in [1.82, 2.24) is 20.1 Å². The fourth-order valence-electron chi connectivity index (χ4n) is 4.60. The van der Waals surface area contributed by atoms with Gasteiger partial charge in [-0.1, -0.05) is 19.4 Å². The maximum Gasteiger partial charge on any atom is 0.224 e. The number of pyridine rings is 1. The van der Waals surface area contributed by atoms with Crippen molar-refractivity contribution in [2.24, 2.45) is 0 Å². The second-order valence-corrected chi connectivity index (χ2v) is 10.3. The van der Waals surface area contributed by atoms with Gasteiger partial charge in [0.15, 0.2) is 0 Å². The second kappa shape index (κ2) is 20.7. The molecule has 1 saturated heterocycles. The van der Waals surface area contributed by atoms with Crippen molar-refractivity contribution in [3.63, 3.8) is 0 Å². The zero-order valence-corrected chi connectivity index (χ0v) is 25.4. The molecule has 12 nitrogen and oxygen atoms in total. The van der Waals surface area contributed by atoms with Crippen molar-refractivity contribution in [2.75, 3.05) is 90.9 Å². The number of anilines is 1. The summed E-state index contributed by atoms with van der Waals surface area (Å²) in [7, 11) is 0. The van der Waals surface area contributed by atoms with Gasteiger partial charge >= 0.3 is 0 Å². The first-order valence-corrected chi connectivity index (χ1v) is 15.3. The van der Waals surface area contributed by atoms with E-state index < -0.39 is 0 Å². The zero-order valence-electron chi connectivity index (χ0n) is 25.4. The summed E-state index contributed by atoms with van der Waals surface area (Å²) in [4.78, 5) is 43.4. The van der Waals surface area contributed by atoms with Gasteiger partial charge in [-0.15, -0.1) is 0 Å².